The molecule has 1 amide bonds. The first-order valence-electron chi connectivity index (χ1n) is 16.2. The summed E-state index contributed by atoms with van der Waals surface area (Å²) < 4.78 is 10.9. The van der Waals surface area contributed by atoms with Gasteiger partial charge >= 0.3 is 6.09 Å². The lowest BCUT2D eigenvalue weighted by atomic mass is 9.71. The van der Waals surface area contributed by atoms with E-state index in [4.69, 9.17) is 9.47 Å². The summed E-state index contributed by atoms with van der Waals surface area (Å²) in [6.45, 7) is 3.57. The van der Waals surface area contributed by atoms with Gasteiger partial charge in [-0.05, 0) is 85.6 Å². The Balaban J connectivity index is 0.00000500. The van der Waals surface area contributed by atoms with E-state index in [9.17, 15) is 9.59 Å². The first-order chi connectivity index (χ1) is 22.6. The van der Waals surface area contributed by atoms with Crippen molar-refractivity contribution in [3.63, 3.8) is 0 Å². The third-order valence-electron chi connectivity index (χ3n) is 9.16. The number of benzene rings is 4. The van der Waals surface area contributed by atoms with Crippen molar-refractivity contribution in [1.82, 2.24) is 15.3 Å². The highest BCUT2D eigenvalue weighted by atomic mass is 35.5. The van der Waals surface area contributed by atoms with Gasteiger partial charge in [0.05, 0.1) is 13.7 Å². The molecule has 1 aliphatic rings. The molecule has 4 aromatic carbocycles. The number of halogens is 1. The minimum absolute atomic E-state index is 0. The van der Waals surface area contributed by atoms with Gasteiger partial charge in [-0.2, -0.15) is 0 Å². The summed E-state index contributed by atoms with van der Waals surface area (Å²) in [6, 6.07) is 39.0. The number of hydrogen-bond acceptors (Lipinski definition) is 6. The topological polar surface area (TPSA) is 71.1 Å². The number of likely N-dealkylation sites (tertiary alicyclic amines) is 1. The number of methoxy groups -OCH3 is 1. The molecule has 0 unspecified atom stereocenters. The van der Waals surface area contributed by atoms with E-state index < -0.39 is 11.5 Å². The van der Waals surface area contributed by atoms with Gasteiger partial charge in [0.1, 0.15) is 18.6 Å². The van der Waals surface area contributed by atoms with Crippen molar-refractivity contribution in [2.45, 2.75) is 43.6 Å². The maximum atomic E-state index is 13.1. The van der Waals surface area contributed by atoms with Gasteiger partial charge in [-0.15, -0.1) is 12.4 Å². The number of nitrogens with one attached hydrogen (secondary N) is 1. The summed E-state index contributed by atoms with van der Waals surface area (Å²) in [7, 11) is 1.70. The van der Waals surface area contributed by atoms with Crippen LogP contribution in [0, 0.1) is 0 Å². The Morgan fingerprint density at radius 3 is 2.00 bits per heavy atom. The van der Waals surface area contributed by atoms with E-state index in [1.54, 1.807) is 7.11 Å². The van der Waals surface area contributed by atoms with Crippen LogP contribution in [0.4, 0.5) is 4.79 Å². The van der Waals surface area contributed by atoms with E-state index in [-0.39, 0.29) is 25.6 Å². The number of hydrogen-bond donors (Lipinski definition) is 1. The maximum absolute atomic E-state index is 13.1. The van der Waals surface area contributed by atoms with Crippen molar-refractivity contribution in [3.05, 3.63) is 138 Å². The number of carbonyl (C=O) groups is 2. The Morgan fingerprint density at radius 1 is 0.872 bits per heavy atom. The van der Waals surface area contributed by atoms with E-state index in [2.05, 4.69) is 83.1 Å². The van der Waals surface area contributed by atoms with Gasteiger partial charge in [-0.1, -0.05) is 103 Å². The van der Waals surface area contributed by atoms with Crippen molar-refractivity contribution >= 4 is 24.8 Å². The molecular weight excluding hydrogens is 610 g/mol. The highest BCUT2D eigenvalue weighted by molar-refractivity contribution is 5.85. The number of piperidine rings is 1. The fourth-order valence-corrected chi connectivity index (χ4v) is 6.54. The molecule has 0 aromatic heterocycles. The molecule has 1 saturated heterocycles. The average Bonchev–Trinajstić information content (AvgIpc) is 3.13. The molecule has 7 nitrogen and oxygen atoms in total. The molecule has 4 aromatic rings. The zero-order valence-corrected chi connectivity index (χ0v) is 27.9. The summed E-state index contributed by atoms with van der Waals surface area (Å²) in [5.41, 5.74) is 7.48. The van der Waals surface area contributed by atoms with Crippen LogP contribution in [0.3, 0.4) is 0 Å². The van der Waals surface area contributed by atoms with Crippen molar-refractivity contribution < 1.29 is 19.1 Å². The molecule has 0 saturated carbocycles. The van der Waals surface area contributed by atoms with E-state index in [0.29, 0.717) is 12.5 Å². The Hall–Kier alpha value is -4.17. The van der Waals surface area contributed by atoms with Crippen LogP contribution in [0.25, 0.3) is 0 Å². The standard InChI is InChI=1S/C39H45N3O4.ClH/c1-45-37-20-18-33(19-21-37)34-22-26-41(27-23-34)25-11-24-39(35-14-7-3-8-15-35,36-16-9-4-10-17-36)31-40-42(28-29-43)38(44)46-30-32-12-5-2-6-13-32;/h2-10,12-21,29,34,40H,11,22-28,30-31H2,1H3;1H. The lowest BCUT2D eigenvalue weighted by molar-refractivity contribution is -0.109. The van der Waals surface area contributed by atoms with Crippen LogP contribution in [0.2, 0.25) is 0 Å². The predicted molar refractivity (Wildman–Crippen MR) is 189 cm³/mol. The minimum atomic E-state index is -0.578. The molecule has 1 N–H and O–H groups in total. The normalized spacial score (nSPS) is 13.7. The quantitative estimate of drug-likeness (QED) is 0.106. The number of aldehydes is 1. The summed E-state index contributed by atoms with van der Waals surface area (Å²) in [5, 5.41) is 1.29. The Bertz CT molecular complexity index is 1440. The van der Waals surface area contributed by atoms with Crippen LogP contribution in [0.1, 0.15) is 53.9 Å². The second kappa shape index (κ2) is 18.2. The van der Waals surface area contributed by atoms with Crippen molar-refractivity contribution in [3.8, 4) is 5.75 Å². The molecule has 0 bridgehead atoms. The van der Waals surface area contributed by atoms with Crippen LogP contribution in [-0.4, -0.2) is 62.1 Å². The molecule has 1 aliphatic heterocycles. The first-order valence-corrected chi connectivity index (χ1v) is 16.2. The average molecular weight is 656 g/mol. The highest BCUT2D eigenvalue weighted by Gasteiger charge is 2.35. The number of nitrogens with zero attached hydrogens (tertiary/aromatic N) is 2. The van der Waals surface area contributed by atoms with Crippen LogP contribution >= 0.6 is 12.4 Å². The number of ether oxygens (including phenoxy) is 2. The number of carbonyl (C=O) groups excluding carboxylic acids is 2. The monoisotopic (exact) mass is 655 g/mol. The van der Waals surface area contributed by atoms with E-state index in [1.807, 2.05) is 42.5 Å². The fourth-order valence-electron chi connectivity index (χ4n) is 6.54. The van der Waals surface area contributed by atoms with Crippen LogP contribution in [0.5, 0.6) is 5.75 Å². The molecule has 8 heteroatoms. The predicted octanol–water partition coefficient (Wildman–Crippen LogP) is 7.41. The van der Waals surface area contributed by atoms with Gasteiger partial charge in [0, 0.05) is 12.0 Å². The molecule has 1 heterocycles. The van der Waals surface area contributed by atoms with Crippen LogP contribution in [0.15, 0.2) is 115 Å². The zero-order chi connectivity index (χ0) is 32.0. The third-order valence-corrected chi connectivity index (χ3v) is 9.16. The molecule has 248 valence electrons. The SMILES string of the molecule is COc1ccc(C2CCN(CCCC(CNN(CC=O)C(=O)OCc3ccccc3)(c3ccccc3)c3ccccc3)CC2)cc1.Cl. The smallest absolute Gasteiger partial charge is 0.424 e. The van der Waals surface area contributed by atoms with Crippen molar-refractivity contribution in [2.75, 3.05) is 39.8 Å². The third kappa shape index (κ3) is 9.67. The molecule has 0 aliphatic carbocycles. The molecule has 1 fully saturated rings. The van der Waals surface area contributed by atoms with Crippen LogP contribution < -0.4 is 10.2 Å². The highest BCUT2D eigenvalue weighted by Crippen LogP contribution is 2.37. The molecule has 0 radical (unpaired) electrons. The Kier molecular flexibility index (Phi) is 13.8. The summed E-state index contributed by atoms with van der Waals surface area (Å²) in [4.78, 5) is 27.4. The first kappa shape index (κ1) is 35.7. The molecule has 5 rings (SSSR count). The number of hydrazine groups is 1. The zero-order valence-electron chi connectivity index (χ0n) is 27.1. The van der Waals surface area contributed by atoms with Gasteiger partial charge in [0.2, 0.25) is 0 Å². The van der Waals surface area contributed by atoms with E-state index >= 15 is 0 Å². The van der Waals surface area contributed by atoms with Crippen molar-refractivity contribution in [2.24, 2.45) is 0 Å². The summed E-state index contributed by atoms with van der Waals surface area (Å²) >= 11 is 0. The molecular formula is C39H46ClN3O4. The fraction of sp³-hybridized carbons (Fsp3) is 0.333. The van der Waals surface area contributed by atoms with E-state index in [1.165, 1.54) is 10.6 Å². The van der Waals surface area contributed by atoms with Gasteiger partial charge in [-0.3, -0.25) is 0 Å². The van der Waals surface area contributed by atoms with Gasteiger partial charge in [0.15, 0.2) is 0 Å². The maximum Gasteiger partial charge on any atom is 0.424 e. The van der Waals surface area contributed by atoms with Gasteiger partial charge in [0.25, 0.3) is 0 Å². The second-order valence-corrected chi connectivity index (χ2v) is 12.0. The largest absolute Gasteiger partial charge is 0.497 e. The van der Waals surface area contributed by atoms with Gasteiger partial charge < -0.3 is 19.2 Å². The Morgan fingerprint density at radius 2 is 1.45 bits per heavy atom. The number of amides is 1. The second-order valence-electron chi connectivity index (χ2n) is 12.0. The van der Waals surface area contributed by atoms with Crippen molar-refractivity contribution in [1.29, 1.82) is 0 Å². The number of rotatable bonds is 15. The molecule has 0 spiro atoms. The summed E-state index contributed by atoms with van der Waals surface area (Å²) in [5.74, 6) is 1.47. The lowest BCUT2D eigenvalue weighted by Crippen LogP contribution is -2.51. The van der Waals surface area contributed by atoms with Gasteiger partial charge in [-0.25, -0.2) is 15.2 Å². The van der Waals surface area contributed by atoms with Crippen LogP contribution in [-0.2, 0) is 21.6 Å². The van der Waals surface area contributed by atoms with E-state index in [0.717, 1.165) is 74.0 Å². The molecule has 47 heavy (non-hydrogen) atoms. The summed E-state index contributed by atoms with van der Waals surface area (Å²) in [6.07, 6.45) is 4.26. The Labute approximate surface area is 285 Å². The minimum Gasteiger partial charge on any atom is -0.497 e. The lowest BCUT2D eigenvalue weighted by Gasteiger charge is -2.38. The molecule has 0 atom stereocenters.